The standard InChI is InChI=1S/C26H24ClN3O2S/c27-25-12-11-24(33-25)26(31)28-16-21-15-23(29-32-21)19-9-7-18(8-10-19)22-6-2-1-5-20(22)17-30-13-3-4-14-30/h1-2,5-12,15H,3-4,13-14,16-17H2,(H,28,31). The molecular formula is C26H24ClN3O2S. The second-order valence-corrected chi connectivity index (χ2v) is 9.90. The predicted octanol–water partition coefficient (Wildman–Crippen LogP) is 6.25. The van der Waals surface area contributed by atoms with E-state index in [1.807, 2.05) is 6.07 Å². The molecule has 5 rings (SSSR count). The second-order valence-electron chi connectivity index (χ2n) is 8.18. The summed E-state index contributed by atoms with van der Waals surface area (Å²) in [7, 11) is 0. The molecular weight excluding hydrogens is 454 g/mol. The lowest BCUT2D eigenvalue weighted by Gasteiger charge is -2.17. The Morgan fingerprint density at radius 2 is 1.79 bits per heavy atom. The van der Waals surface area contributed by atoms with Crippen LogP contribution in [0.3, 0.4) is 0 Å². The van der Waals surface area contributed by atoms with Gasteiger partial charge in [-0.05, 0) is 54.8 Å². The summed E-state index contributed by atoms with van der Waals surface area (Å²) in [5.41, 5.74) is 5.54. The van der Waals surface area contributed by atoms with Crippen molar-refractivity contribution in [1.82, 2.24) is 15.4 Å². The highest BCUT2D eigenvalue weighted by atomic mass is 35.5. The molecule has 7 heteroatoms. The third-order valence-corrected chi connectivity index (χ3v) is 7.11. The van der Waals surface area contributed by atoms with Crippen LogP contribution in [-0.4, -0.2) is 29.1 Å². The summed E-state index contributed by atoms with van der Waals surface area (Å²) in [5, 5.41) is 7.01. The number of thiophene rings is 1. The van der Waals surface area contributed by atoms with E-state index >= 15 is 0 Å². The molecule has 1 fully saturated rings. The molecule has 1 aliphatic heterocycles. The number of carbonyl (C=O) groups is 1. The quantitative estimate of drug-likeness (QED) is 0.342. The molecule has 5 nitrogen and oxygen atoms in total. The maximum absolute atomic E-state index is 12.2. The molecule has 0 spiro atoms. The number of nitrogens with zero attached hydrogens (tertiary/aromatic N) is 2. The van der Waals surface area contributed by atoms with Crippen molar-refractivity contribution in [2.45, 2.75) is 25.9 Å². The van der Waals surface area contributed by atoms with Crippen molar-refractivity contribution in [3.8, 4) is 22.4 Å². The van der Waals surface area contributed by atoms with Crippen LogP contribution in [0.4, 0.5) is 0 Å². The summed E-state index contributed by atoms with van der Waals surface area (Å²) in [6.07, 6.45) is 2.59. The van der Waals surface area contributed by atoms with Gasteiger partial charge in [0.15, 0.2) is 5.76 Å². The Hall–Kier alpha value is -2.93. The zero-order valence-electron chi connectivity index (χ0n) is 18.1. The fourth-order valence-corrected chi connectivity index (χ4v) is 5.12. The lowest BCUT2D eigenvalue weighted by Crippen LogP contribution is -2.21. The fourth-order valence-electron chi connectivity index (χ4n) is 4.17. The van der Waals surface area contributed by atoms with Gasteiger partial charge < -0.3 is 9.84 Å². The van der Waals surface area contributed by atoms with E-state index in [2.05, 4.69) is 63.9 Å². The molecule has 33 heavy (non-hydrogen) atoms. The second kappa shape index (κ2) is 9.91. The molecule has 0 radical (unpaired) electrons. The van der Waals surface area contributed by atoms with Crippen molar-refractivity contribution in [3.63, 3.8) is 0 Å². The molecule has 2 aromatic carbocycles. The average molecular weight is 478 g/mol. The summed E-state index contributed by atoms with van der Waals surface area (Å²) < 4.78 is 6.01. The minimum absolute atomic E-state index is 0.179. The largest absolute Gasteiger partial charge is 0.359 e. The van der Waals surface area contributed by atoms with Crippen LogP contribution in [0.1, 0.15) is 33.8 Å². The van der Waals surface area contributed by atoms with Crippen molar-refractivity contribution < 1.29 is 9.32 Å². The lowest BCUT2D eigenvalue weighted by molar-refractivity contribution is 0.0951. The Balaban J connectivity index is 1.26. The van der Waals surface area contributed by atoms with Crippen molar-refractivity contribution in [2.24, 2.45) is 0 Å². The smallest absolute Gasteiger partial charge is 0.261 e. The Morgan fingerprint density at radius 3 is 2.55 bits per heavy atom. The zero-order valence-corrected chi connectivity index (χ0v) is 19.7. The SMILES string of the molecule is O=C(NCc1cc(-c2ccc(-c3ccccc3CN3CCCC3)cc2)no1)c1ccc(Cl)s1. The van der Waals surface area contributed by atoms with E-state index < -0.39 is 0 Å². The van der Waals surface area contributed by atoms with Crippen LogP contribution in [0.5, 0.6) is 0 Å². The van der Waals surface area contributed by atoms with Crippen LogP contribution in [0.15, 0.2) is 71.3 Å². The number of amides is 1. The van der Waals surface area contributed by atoms with Gasteiger partial charge in [0.25, 0.3) is 5.91 Å². The molecule has 2 aromatic heterocycles. The Labute approximate surface area is 202 Å². The van der Waals surface area contributed by atoms with Crippen LogP contribution in [-0.2, 0) is 13.1 Å². The number of hydrogen-bond acceptors (Lipinski definition) is 5. The summed E-state index contributed by atoms with van der Waals surface area (Å²) in [6.45, 7) is 3.63. The monoisotopic (exact) mass is 477 g/mol. The summed E-state index contributed by atoms with van der Waals surface area (Å²) in [6, 6.07) is 22.3. The van der Waals surface area contributed by atoms with E-state index in [1.165, 1.54) is 54.0 Å². The first-order chi connectivity index (χ1) is 16.2. The van der Waals surface area contributed by atoms with Gasteiger partial charge in [-0.2, -0.15) is 0 Å². The zero-order chi connectivity index (χ0) is 22.6. The van der Waals surface area contributed by atoms with E-state index in [1.54, 1.807) is 12.1 Å². The number of halogens is 1. The van der Waals surface area contributed by atoms with E-state index in [0.717, 1.165) is 17.8 Å². The minimum atomic E-state index is -0.179. The first-order valence-corrected chi connectivity index (χ1v) is 12.3. The predicted molar refractivity (Wildman–Crippen MR) is 132 cm³/mol. The van der Waals surface area contributed by atoms with E-state index in [4.69, 9.17) is 16.1 Å². The molecule has 0 unspecified atom stereocenters. The highest BCUT2D eigenvalue weighted by molar-refractivity contribution is 7.17. The summed E-state index contributed by atoms with van der Waals surface area (Å²) in [5.74, 6) is 0.419. The van der Waals surface area contributed by atoms with Crippen molar-refractivity contribution in [1.29, 1.82) is 0 Å². The van der Waals surface area contributed by atoms with E-state index in [0.29, 0.717) is 15.0 Å². The Bertz CT molecular complexity index is 1240. The van der Waals surface area contributed by atoms with Gasteiger partial charge in [-0.25, -0.2) is 0 Å². The first-order valence-electron chi connectivity index (χ1n) is 11.1. The van der Waals surface area contributed by atoms with Gasteiger partial charge in [0.2, 0.25) is 0 Å². The molecule has 0 bridgehead atoms. The van der Waals surface area contributed by atoms with Crippen LogP contribution >= 0.6 is 22.9 Å². The molecule has 1 amide bonds. The molecule has 0 atom stereocenters. The summed E-state index contributed by atoms with van der Waals surface area (Å²) in [4.78, 5) is 15.3. The number of carbonyl (C=O) groups excluding carboxylic acids is 1. The maximum Gasteiger partial charge on any atom is 0.261 e. The number of rotatable bonds is 7. The van der Waals surface area contributed by atoms with Gasteiger partial charge >= 0.3 is 0 Å². The average Bonchev–Trinajstić information content (AvgIpc) is 3.61. The summed E-state index contributed by atoms with van der Waals surface area (Å²) >= 11 is 7.14. The van der Waals surface area contributed by atoms with Gasteiger partial charge in [-0.15, -0.1) is 11.3 Å². The Kier molecular flexibility index (Phi) is 6.58. The van der Waals surface area contributed by atoms with Gasteiger partial charge in [0, 0.05) is 18.2 Å². The first kappa shape index (κ1) is 21.9. The molecule has 1 N–H and O–H groups in total. The van der Waals surface area contributed by atoms with Crippen LogP contribution < -0.4 is 5.32 Å². The number of hydrogen-bond donors (Lipinski definition) is 1. The minimum Gasteiger partial charge on any atom is -0.359 e. The van der Waals surface area contributed by atoms with Crippen molar-refractivity contribution >= 4 is 28.8 Å². The molecule has 168 valence electrons. The normalized spacial score (nSPS) is 14.0. The topological polar surface area (TPSA) is 58.4 Å². The molecule has 1 saturated heterocycles. The van der Waals surface area contributed by atoms with E-state index in [-0.39, 0.29) is 12.5 Å². The maximum atomic E-state index is 12.2. The Morgan fingerprint density at radius 1 is 1.03 bits per heavy atom. The molecule has 3 heterocycles. The highest BCUT2D eigenvalue weighted by Gasteiger charge is 2.15. The lowest BCUT2D eigenvalue weighted by atomic mass is 9.98. The number of benzene rings is 2. The third kappa shape index (κ3) is 5.19. The molecule has 1 aliphatic rings. The fraction of sp³-hybridized carbons (Fsp3) is 0.231. The van der Waals surface area contributed by atoms with Crippen molar-refractivity contribution in [2.75, 3.05) is 13.1 Å². The molecule has 0 aliphatic carbocycles. The number of nitrogens with one attached hydrogen (secondary N) is 1. The highest BCUT2D eigenvalue weighted by Crippen LogP contribution is 2.29. The van der Waals surface area contributed by atoms with Crippen LogP contribution in [0.2, 0.25) is 4.34 Å². The molecule has 0 saturated carbocycles. The van der Waals surface area contributed by atoms with Gasteiger partial charge in [-0.3, -0.25) is 9.69 Å². The van der Waals surface area contributed by atoms with Gasteiger partial charge in [0.1, 0.15) is 5.69 Å². The number of aromatic nitrogens is 1. The van der Waals surface area contributed by atoms with Crippen molar-refractivity contribution in [3.05, 3.63) is 87.3 Å². The molecule has 4 aromatic rings. The third-order valence-electron chi connectivity index (χ3n) is 5.88. The van der Waals surface area contributed by atoms with E-state index in [9.17, 15) is 4.79 Å². The van der Waals surface area contributed by atoms with Gasteiger partial charge in [0.05, 0.1) is 15.8 Å². The van der Waals surface area contributed by atoms with Crippen LogP contribution in [0, 0.1) is 0 Å². The van der Waals surface area contributed by atoms with Gasteiger partial charge in [-0.1, -0.05) is 65.3 Å². The van der Waals surface area contributed by atoms with Crippen LogP contribution in [0.25, 0.3) is 22.4 Å². The number of likely N-dealkylation sites (tertiary alicyclic amines) is 1.